The van der Waals surface area contributed by atoms with E-state index in [9.17, 15) is 5.11 Å². The van der Waals surface area contributed by atoms with Crippen LogP contribution in [0.5, 0.6) is 5.75 Å². The summed E-state index contributed by atoms with van der Waals surface area (Å²) in [4.78, 5) is 11.7. The normalized spacial score (nSPS) is 11.0. The third-order valence-electron chi connectivity index (χ3n) is 7.43. The Morgan fingerprint density at radius 2 is 1.36 bits per heavy atom. The van der Waals surface area contributed by atoms with Crippen LogP contribution in [0.4, 0.5) is 17.2 Å². The summed E-state index contributed by atoms with van der Waals surface area (Å²) in [5, 5.41) is 10.4. The number of rotatable bonds is 7. The van der Waals surface area contributed by atoms with Crippen molar-refractivity contribution in [3.05, 3.63) is 157 Å². The number of hydrogen-bond acceptors (Lipinski definition) is 4. The first-order valence-corrected chi connectivity index (χ1v) is 13.7. The molecule has 2 aromatic heterocycles. The second kappa shape index (κ2) is 12.5. The molecule has 0 spiro atoms. The van der Waals surface area contributed by atoms with Crippen LogP contribution < -0.4 is 4.90 Å². The van der Waals surface area contributed by atoms with E-state index >= 15 is 0 Å². The van der Waals surface area contributed by atoms with Crippen molar-refractivity contribution in [1.29, 1.82) is 0 Å². The zero-order valence-electron chi connectivity index (χ0n) is 23.4. The van der Waals surface area contributed by atoms with Gasteiger partial charge in [-0.3, -0.25) is 4.98 Å². The van der Waals surface area contributed by atoms with Gasteiger partial charge in [0.2, 0.25) is 0 Å². The van der Waals surface area contributed by atoms with E-state index in [1.54, 1.807) is 12.3 Å². The van der Waals surface area contributed by atoms with Crippen LogP contribution in [0, 0.1) is 6.07 Å². The van der Waals surface area contributed by atoms with Gasteiger partial charge in [0.25, 0.3) is 0 Å². The molecule has 0 saturated heterocycles. The van der Waals surface area contributed by atoms with Gasteiger partial charge in [-0.2, -0.15) is 0 Å². The number of phenolic OH excluding ortho intramolecular Hbond substituents is 1. The molecule has 4 aromatic carbocycles. The summed E-state index contributed by atoms with van der Waals surface area (Å²) in [5.41, 5.74) is 7.14. The van der Waals surface area contributed by atoms with Gasteiger partial charge in [0.1, 0.15) is 11.6 Å². The zero-order chi connectivity index (χ0) is 28.2. The Labute approximate surface area is 261 Å². The summed E-state index contributed by atoms with van der Waals surface area (Å²) >= 11 is 0. The molecular formula is C37H30N3OPt-. The van der Waals surface area contributed by atoms with Crippen LogP contribution in [0.1, 0.15) is 25.0 Å². The third kappa shape index (κ3) is 5.91. The number of pyridine rings is 2. The number of aromatic hydroxyl groups is 1. The first kappa shape index (κ1) is 29.0. The van der Waals surface area contributed by atoms with Gasteiger partial charge in [-0.05, 0) is 65.0 Å². The largest absolute Gasteiger partial charge is 0.507 e. The SMILES string of the molecule is CC(C)(c1ccccc1)c1cccc(N(c2[c-]c(-c3cccc(-c4ccccc4O)n3)ccc2)c2ccccn2)c1.[Pt]. The van der Waals surface area contributed by atoms with E-state index < -0.39 is 0 Å². The molecule has 0 radical (unpaired) electrons. The van der Waals surface area contributed by atoms with Crippen molar-refractivity contribution in [1.82, 2.24) is 9.97 Å². The minimum absolute atomic E-state index is 0. The van der Waals surface area contributed by atoms with Gasteiger partial charge in [-0.25, -0.2) is 4.98 Å². The molecule has 1 N–H and O–H groups in total. The number of hydrogen-bond donors (Lipinski definition) is 1. The predicted molar refractivity (Wildman–Crippen MR) is 167 cm³/mol. The van der Waals surface area contributed by atoms with E-state index in [0.29, 0.717) is 11.3 Å². The van der Waals surface area contributed by atoms with Gasteiger partial charge in [0.05, 0.1) is 5.69 Å². The van der Waals surface area contributed by atoms with Crippen LogP contribution in [0.2, 0.25) is 0 Å². The molecule has 0 atom stereocenters. The minimum Gasteiger partial charge on any atom is -0.507 e. The number of para-hydroxylation sites is 1. The standard InChI is InChI=1S/C37H30N3O.Pt/c1-37(2,28-14-4-3-5-15-28)29-16-11-18-31(26-29)40(36-23-8-9-24-38-36)30-17-10-13-27(25-30)33-20-12-21-34(39-33)32-19-6-7-22-35(32)41;/h3-24,26,41H,1-2H3;/q-1;. The molecule has 4 nitrogen and oxygen atoms in total. The van der Waals surface area contributed by atoms with Gasteiger partial charge >= 0.3 is 0 Å². The van der Waals surface area contributed by atoms with Gasteiger partial charge in [-0.1, -0.05) is 86.6 Å². The number of aromatic nitrogens is 2. The van der Waals surface area contributed by atoms with Crippen molar-refractivity contribution in [3.8, 4) is 28.3 Å². The molecule has 42 heavy (non-hydrogen) atoms. The molecule has 0 unspecified atom stereocenters. The first-order valence-electron chi connectivity index (χ1n) is 13.7. The van der Waals surface area contributed by atoms with E-state index in [0.717, 1.165) is 28.5 Å². The maximum absolute atomic E-state index is 10.4. The summed E-state index contributed by atoms with van der Waals surface area (Å²) in [7, 11) is 0. The maximum Gasteiger partial charge on any atom is 0.136 e. The first-order chi connectivity index (χ1) is 20.0. The Morgan fingerprint density at radius 3 is 2.14 bits per heavy atom. The Hall–Kier alpha value is -4.53. The minimum atomic E-state index is -0.189. The molecule has 5 heteroatoms. The Balaban J connectivity index is 0.00000353. The van der Waals surface area contributed by atoms with Crippen molar-refractivity contribution in [2.24, 2.45) is 0 Å². The van der Waals surface area contributed by atoms with Crippen molar-refractivity contribution in [2.75, 3.05) is 4.90 Å². The van der Waals surface area contributed by atoms with Crippen LogP contribution >= 0.6 is 0 Å². The number of anilines is 3. The molecule has 210 valence electrons. The second-order valence-corrected chi connectivity index (χ2v) is 10.4. The van der Waals surface area contributed by atoms with Crippen LogP contribution in [0.3, 0.4) is 0 Å². The fraction of sp³-hybridized carbons (Fsp3) is 0.0811. The molecular weight excluding hydrogens is 698 g/mol. The van der Waals surface area contributed by atoms with Gasteiger partial charge in [0, 0.05) is 43.9 Å². The summed E-state index contributed by atoms with van der Waals surface area (Å²) in [6.45, 7) is 4.50. The summed E-state index contributed by atoms with van der Waals surface area (Å²) in [6, 6.07) is 47.9. The molecule has 0 bridgehead atoms. The van der Waals surface area contributed by atoms with Gasteiger partial charge in [-0.15, -0.1) is 29.8 Å². The molecule has 0 aliphatic carbocycles. The second-order valence-electron chi connectivity index (χ2n) is 10.4. The molecule has 0 aliphatic heterocycles. The number of phenols is 1. The van der Waals surface area contributed by atoms with Crippen LogP contribution in [-0.4, -0.2) is 15.1 Å². The van der Waals surface area contributed by atoms with Crippen LogP contribution in [0.25, 0.3) is 22.5 Å². The fourth-order valence-electron chi connectivity index (χ4n) is 5.10. The zero-order valence-corrected chi connectivity index (χ0v) is 25.7. The van der Waals surface area contributed by atoms with E-state index in [2.05, 4.69) is 79.4 Å². The molecule has 0 amide bonds. The number of nitrogens with zero attached hydrogens (tertiary/aromatic N) is 3. The molecule has 6 rings (SSSR count). The van der Waals surface area contributed by atoms with Crippen molar-refractivity contribution >= 4 is 17.2 Å². The Kier molecular flexibility index (Phi) is 8.66. The molecule has 0 aliphatic rings. The molecule has 0 saturated carbocycles. The smallest absolute Gasteiger partial charge is 0.136 e. The van der Waals surface area contributed by atoms with Gasteiger partial charge < -0.3 is 10.0 Å². The van der Waals surface area contributed by atoms with Crippen molar-refractivity contribution in [3.63, 3.8) is 0 Å². The van der Waals surface area contributed by atoms with E-state index in [4.69, 9.17) is 9.97 Å². The van der Waals surface area contributed by atoms with Crippen molar-refractivity contribution in [2.45, 2.75) is 19.3 Å². The quantitative estimate of drug-likeness (QED) is 0.167. The van der Waals surface area contributed by atoms with Crippen molar-refractivity contribution < 1.29 is 26.2 Å². The molecule has 2 heterocycles. The number of benzene rings is 4. The van der Waals surface area contributed by atoms with Crippen LogP contribution in [0.15, 0.2) is 140 Å². The fourth-order valence-corrected chi connectivity index (χ4v) is 5.10. The predicted octanol–water partition coefficient (Wildman–Crippen LogP) is 9.11. The maximum atomic E-state index is 10.4. The summed E-state index contributed by atoms with van der Waals surface area (Å²) < 4.78 is 0. The molecule has 6 aromatic rings. The average Bonchev–Trinajstić information content (AvgIpc) is 3.03. The van der Waals surface area contributed by atoms with E-state index in [1.807, 2.05) is 72.8 Å². The average molecular weight is 728 g/mol. The Morgan fingerprint density at radius 1 is 0.667 bits per heavy atom. The topological polar surface area (TPSA) is 49.2 Å². The van der Waals surface area contributed by atoms with E-state index in [-0.39, 0.29) is 32.2 Å². The van der Waals surface area contributed by atoms with E-state index in [1.165, 1.54) is 11.1 Å². The third-order valence-corrected chi connectivity index (χ3v) is 7.43. The monoisotopic (exact) mass is 727 g/mol. The summed E-state index contributed by atoms with van der Waals surface area (Å²) in [5.74, 6) is 1.00. The Bertz CT molecular complexity index is 1790. The van der Waals surface area contributed by atoms with Gasteiger partial charge in [0.15, 0.2) is 0 Å². The van der Waals surface area contributed by atoms with Crippen LogP contribution in [-0.2, 0) is 26.5 Å². The molecule has 0 fully saturated rings. The summed E-state index contributed by atoms with van der Waals surface area (Å²) in [6.07, 6.45) is 1.81.